The molecule has 0 fully saturated rings. The van der Waals surface area contributed by atoms with Crippen molar-refractivity contribution in [2.45, 2.75) is 6.92 Å². The van der Waals surface area contributed by atoms with E-state index in [0.717, 1.165) is 0 Å². The first kappa shape index (κ1) is 13.4. The van der Waals surface area contributed by atoms with Crippen molar-refractivity contribution in [1.29, 1.82) is 5.26 Å². The van der Waals surface area contributed by atoms with E-state index < -0.39 is 5.56 Å². The van der Waals surface area contributed by atoms with E-state index in [4.69, 9.17) is 10.4 Å². The molecule has 2 rings (SSSR count). The van der Waals surface area contributed by atoms with Crippen LogP contribution in [0.3, 0.4) is 0 Å². The summed E-state index contributed by atoms with van der Waals surface area (Å²) in [5.74, 6) is -0.215. The van der Waals surface area contributed by atoms with Crippen molar-refractivity contribution in [2.75, 3.05) is 0 Å². The lowest BCUT2D eigenvalue weighted by molar-refractivity contribution is 0.450. The fourth-order valence-electron chi connectivity index (χ4n) is 1.69. The van der Waals surface area contributed by atoms with Crippen molar-refractivity contribution >= 4 is 11.9 Å². The number of nitrogens with zero attached hydrogens (tertiary/aromatic N) is 2. The number of aromatic nitrogens is 1. The van der Waals surface area contributed by atoms with Gasteiger partial charge in [0.25, 0.3) is 5.56 Å². The second-order valence-electron chi connectivity index (χ2n) is 4.10. The van der Waals surface area contributed by atoms with Crippen molar-refractivity contribution in [1.82, 2.24) is 4.98 Å². The number of nitriles is 1. The highest BCUT2D eigenvalue weighted by Gasteiger charge is 2.12. The second kappa shape index (κ2) is 5.28. The van der Waals surface area contributed by atoms with E-state index in [0.29, 0.717) is 11.3 Å². The van der Waals surface area contributed by atoms with Gasteiger partial charge < -0.3 is 10.2 Å². The third-order valence-electron chi connectivity index (χ3n) is 2.80. The quantitative estimate of drug-likeness (QED) is 0.721. The van der Waals surface area contributed by atoms with Gasteiger partial charge in [0.1, 0.15) is 17.4 Å². The molecule has 0 saturated carbocycles. The number of aromatic amines is 1. The van der Waals surface area contributed by atoms with Crippen LogP contribution in [0, 0.1) is 18.3 Å². The van der Waals surface area contributed by atoms with Crippen molar-refractivity contribution in [3.8, 4) is 17.7 Å². The Morgan fingerprint density at radius 3 is 2.55 bits per heavy atom. The zero-order valence-electron chi connectivity index (χ0n) is 10.6. The predicted octanol–water partition coefficient (Wildman–Crippen LogP) is 1.72. The van der Waals surface area contributed by atoms with Gasteiger partial charge in [-0.25, -0.2) is 0 Å². The van der Waals surface area contributed by atoms with Crippen LogP contribution in [0.2, 0.25) is 0 Å². The standard InChI is InChI=1S/C14H11N3O3/c1-8-11(6-15)13(19)17-14(20)12(8)7-16-9-2-4-10(18)5-3-9/h2-5,7,18H,1H3,(H2,17,19,20). The van der Waals surface area contributed by atoms with E-state index >= 15 is 0 Å². The van der Waals surface area contributed by atoms with Gasteiger partial charge in [0, 0.05) is 6.21 Å². The van der Waals surface area contributed by atoms with Crippen LogP contribution < -0.4 is 5.56 Å². The fraction of sp³-hybridized carbons (Fsp3) is 0.0714. The average molecular weight is 269 g/mol. The summed E-state index contributed by atoms with van der Waals surface area (Å²) < 4.78 is 0. The molecule has 0 bridgehead atoms. The van der Waals surface area contributed by atoms with Gasteiger partial charge in [-0.05, 0) is 36.8 Å². The summed E-state index contributed by atoms with van der Waals surface area (Å²) in [5, 5.41) is 27.8. The molecular formula is C14H11N3O3. The number of phenols is 1. The van der Waals surface area contributed by atoms with Crippen LogP contribution in [0.15, 0.2) is 34.1 Å². The maximum atomic E-state index is 11.4. The van der Waals surface area contributed by atoms with E-state index in [1.54, 1.807) is 25.1 Å². The molecule has 0 aliphatic carbocycles. The number of aromatic hydroxyl groups is 2. The highest BCUT2D eigenvalue weighted by molar-refractivity contribution is 5.87. The molecule has 1 heterocycles. The van der Waals surface area contributed by atoms with Gasteiger partial charge in [0.2, 0.25) is 5.88 Å². The number of aliphatic imine (C=N–C) groups is 1. The van der Waals surface area contributed by atoms with E-state index in [9.17, 15) is 9.90 Å². The molecule has 20 heavy (non-hydrogen) atoms. The third-order valence-corrected chi connectivity index (χ3v) is 2.80. The summed E-state index contributed by atoms with van der Waals surface area (Å²) in [7, 11) is 0. The monoisotopic (exact) mass is 269 g/mol. The maximum absolute atomic E-state index is 11.4. The van der Waals surface area contributed by atoms with E-state index in [1.165, 1.54) is 18.3 Å². The van der Waals surface area contributed by atoms with Gasteiger partial charge >= 0.3 is 0 Å². The number of nitrogens with one attached hydrogen (secondary N) is 1. The average Bonchev–Trinajstić information content (AvgIpc) is 2.40. The molecule has 2 aromatic rings. The third kappa shape index (κ3) is 2.52. The van der Waals surface area contributed by atoms with E-state index in [-0.39, 0.29) is 22.8 Å². The Kier molecular flexibility index (Phi) is 3.53. The molecule has 6 nitrogen and oxygen atoms in total. The SMILES string of the molecule is Cc1c(C=Nc2ccc(O)cc2)c(O)[nH]c(=O)c1C#N. The van der Waals surface area contributed by atoms with Crippen LogP contribution in [-0.2, 0) is 0 Å². The highest BCUT2D eigenvalue weighted by atomic mass is 16.3. The van der Waals surface area contributed by atoms with Gasteiger partial charge in [-0.3, -0.25) is 14.8 Å². The Labute approximate surface area is 114 Å². The second-order valence-corrected chi connectivity index (χ2v) is 4.10. The summed E-state index contributed by atoms with van der Waals surface area (Å²) in [6.07, 6.45) is 1.35. The molecule has 0 aliphatic heterocycles. The topological polar surface area (TPSA) is 109 Å². The lowest BCUT2D eigenvalue weighted by atomic mass is 10.1. The van der Waals surface area contributed by atoms with Gasteiger partial charge in [0.15, 0.2) is 0 Å². The number of hydrogen-bond acceptors (Lipinski definition) is 5. The van der Waals surface area contributed by atoms with Gasteiger partial charge in [-0.15, -0.1) is 0 Å². The number of rotatable bonds is 2. The molecule has 0 amide bonds. The molecule has 0 spiro atoms. The predicted molar refractivity (Wildman–Crippen MR) is 73.5 cm³/mol. The largest absolute Gasteiger partial charge is 0.508 e. The van der Waals surface area contributed by atoms with Crippen LogP contribution in [0.25, 0.3) is 0 Å². The molecule has 0 atom stereocenters. The molecule has 6 heteroatoms. The van der Waals surface area contributed by atoms with Gasteiger partial charge in [0.05, 0.1) is 11.3 Å². The van der Waals surface area contributed by atoms with Crippen LogP contribution in [0.4, 0.5) is 5.69 Å². The number of phenolic OH excluding ortho intramolecular Hbond substituents is 1. The smallest absolute Gasteiger partial charge is 0.268 e. The first-order valence-corrected chi connectivity index (χ1v) is 5.72. The summed E-state index contributed by atoms with van der Waals surface area (Å²) in [4.78, 5) is 17.8. The highest BCUT2D eigenvalue weighted by Crippen LogP contribution is 2.20. The summed E-state index contributed by atoms with van der Waals surface area (Å²) >= 11 is 0. The van der Waals surface area contributed by atoms with Crippen LogP contribution in [0.1, 0.15) is 16.7 Å². The fourth-order valence-corrected chi connectivity index (χ4v) is 1.69. The molecule has 3 N–H and O–H groups in total. The minimum absolute atomic E-state index is 0.0602. The molecule has 1 aromatic heterocycles. The number of hydrogen-bond donors (Lipinski definition) is 3. The number of benzene rings is 1. The van der Waals surface area contributed by atoms with Crippen LogP contribution in [0.5, 0.6) is 11.6 Å². The number of H-pyrrole nitrogens is 1. The minimum Gasteiger partial charge on any atom is -0.508 e. The van der Waals surface area contributed by atoms with Gasteiger partial charge in [-0.1, -0.05) is 0 Å². The van der Waals surface area contributed by atoms with Gasteiger partial charge in [-0.2, -0.15) is 5.26 Å². The first-order valence-electron chi connectivity index (χ1n) is 5.72. The van der Waals surface area contributed by atoms with Crippen molar-refractivity contribution < 1.29 is 10.2 Å². The maximum Gasteiger partial charge on any atom is 0.268 e. The molecule has 0 saturated heterocycles. The van der Waals surface area contributed by atoms with E-state index in [2.05, 4.69) is 9.98 Å². The van der Waals surface area contributed by atoms with Crippen molar-refractivity contribution in [3.05, 3.63) is 51.3 Å². The molecule has 1 aromatic carbocycles. The molecule has 0 radical (unpaired) electrons. The Balaban J connectivity index is 2.46. The Bertz CT molecular complexity index is 768. The molecule has 0 aliphatic rings. The zero-order chi connectivity index (χ0) is 14.7. The number of pyridine rings is 1. The van der Waals surface area contributed by atoms with Crippen molar-refractivity contribution in [3.63, 3.8) is 0 Å². The summed E-state index contributed by atoms with van der Waals surface area (Å²) in [6.45, 7) is 1.56. The normalized spacial score (nSPS) is 10.6. The summed E-state index contributed by atoms with van der Waals surface area (Å²) in [6, 6.07) is 7.93. The molecule has 0 unspecified atom stereocenters. The first-order chi connectivity index (χ1) is 9.52. The van der Waals surface area contributed by atoms with Crippen LogP contribution in [-0.4, -0.2) is 21.4 Å². The lowest BCUT2D eigenvalue weighted by Gasteiger charge is -2.04. The Hall–Kier alpha value is -3.07. The van der Waals surface area contributed by atoms with E-state index in [1.807, 2.05) is 0 Å². The molecule has 100 valence electrons. The lowest BCUT2D eigenvalue weighted by Crippen LogP contribution is -2.14. The Morgan fingerprint density at radius 2 is 1.95 bits per heavy atom. The van der Waals surface area contributed by atoms with Crippen molar-refractivity contribution in [2.24, 2.45) is 4.99 Å². The minimum atomic E-state index is -0.635. The molecular weight excluding hydrogens is 258 g/mol. The summed E-state index contributed by atoms with van der Waals surface area (Å²) in [5.41, 5.74) is 0.496. The van der Waals surface area contributed by atoms with Crippen LogP contribution >= 0.6 is 0 Å². The Morgan fingerprint density at radius 1 is 1.30 bits per heavy atom. The zero-order valence-corrected chi connectivity index (χ0v) is 10.6.